The molecule has 2 heterocycles. The van der Waals surface area contributed by atoms with Gasteiger partial charge in [0.05, 0.1) is 18.9 Å². The van der Waals surface area contributed by atoms with Gasteiger partial charge in [-0.25, -0.2) is 9.97 Å². The minimum absolute atomic E-state index is 0.687. The van der Waals surface area contributed by atoms with Crippen LogP contribution in [0.2, 0.25) is 0 Å². The summed E-state index contributed by atoms with van der Waals surface area (Å²) in [6.45, 7) is 1.51. The molecular formula is C17H19N5S. The van der Waals surface area contributed by atoms with E-state index < -0.39 is 0 Å². The fourth-order valence-corrected chi connectivity index (χ4v) is 2.68. The van der Waals surface area contributed by atoms with Gasteiger partial charge in [-0.1, -0.05) is 30.3 Å². The summed E-state index contributed by atoms with van der Waals surface area (Å²) in [7, 11) is 2.01. The number of aromatic nitrogens is 4. The summed E-state index contributed by atoms with van der Waals surface area (Å²) in [5.41, 5.74) is 1.26. The van der Waals surface area contributed by atoms with Crippen LogP contribution < -0.4 is 4.90 Å². The number of benzene rings is 1. The zero-order valence-electron chi connectivity index (χ0n) is 13.3. The Morgan fingerprint density at radius 3 is 2.78 bits per heavy atom. The molecule has 0 bridgehead atoms. The smallest absolute Gasteiger partial charge is 0.148 e. The zero-order valence-corrected chi connectivity index (χ0v) is 14.1. The molecule has 0 radical (unpaired) electrons. The quantitative estimate of drug-likeness (QED) is 0.652. The van der Waals surface area contributed by atoms with Crippen molar-refractivity contribution in [1.82, 2.24) is 19.5 Å². The maximum absolute atomic E-state index is 4.57. The Bertz CT molecular complexity index is 756. The maximum Gasteiger partial charge on any atom is 0.148 e. The highest BCUT2D eigenvalue weighted by atomic mass is 32.2. The van der Waals surface area contributed by atoms with Crippen LogP contribution in [-0.4, -0.2) is 32.8 Å². The number of nitrogens with zero attached hydrogens (tertiary/aromatic N) is 5. The molecule has 0 aliphatic heterocycles. The van der Waals surface area contributed by atoms with E-state index >= 15 is 0 Å². The first kappa shape index (κ1) is 15.6. The first-order chi connectivity index (χ1) is 11.3. The topological polar surface area (TPSA) is 46.8 Å². The van der Waals surface area contributed by atoms with Crippen molar-refractivity contribution in [2.45, 2.75) is 18.1 Å². The Hall–Kier alpha value is -2.34. The van der Waals surface area contributed by atoms with E-state index in [1.165, 1.54) is 5.56 Å². The molecule has 0 N–H and O–H groups in total. The number of hydrogen-bond acceptors (Lipinski definition) is 5. The molecule has 0 aliphatic carbocycles. The lowest BCUT2D eigenvalue weighted by atomic mass is 10.2. The van der Waals surface area contributed by atoms with Gasteiger partial charge >= 0.3 is 0 Å². The molecule has 5 nitrogen and oxygen atoms in total. The number of rotatable bonds is 6. The molecule has 0 saturated heterocycles. The third kappa shape index (κ3) is 3.90. The largest absolute Gasteiger partial charge is 0.351 e. The van der Waals surface area contributed by atoms with Gasteiger partial charge in [0, 0.05) is 26.0 Å². The van der Waals surface area contributed by atoms with Crippen LogP contribution >= 0.6 is 11.8 Å². The summed E-state index contributed by atoms with van der Waals surface area (Å²) in [6.07, 6.45) is 9.42. The van der Waals surface area contributed by atoms with Crippen molar-refractivity contribution in [1.29, 1.82) is 0 Å². The van der Waals surface area contributed by atoms with E-state index in [0.29, 0.717) is 6.54 Å². The molecule has 0 saturated carbocycles. The molecule has 3 aromatic rings. The number of anilines is 1. The van der Waals surface area contributed by atoms with Crippen LogP contribution in [0, 0.1) is 0 Å². The van der Waals surface area contributed by atoms with Crippen molar-refractivity contribution >= 4 is 17.6 Å². The number of hydrogen-bond donors (Lipinski definition) is 0. The van der Waals surface area contributed by atoms with Crippen LogP contribution in [0.5, 0.6) is 0 Å². The Morgan fingerprint density at radius 2 is 2.00 bits per heavy atom. The lowest BCUT2D eigenvalue weighted by Gasteiger charge is -2.18. The van der Waals surface area contributed by atoms with Gasteiger partial charge < -0.3 is 9.47 Å². The van der Waals surface area contributed by atoms with Gasteiger partial charge in [-0.05, 0) is 11.8 Å². The van der Waals surface area contributed by atoms with E-state index in [9.17, 15) is 0 Å². The van der Waals surface area contributed by atoms with Crippen molar-refractivity contribution in [3.05, 3.63) is 66.5 Å². The zero-order chi connectivity index (χ0) is 16.1. The molecular weight excluding hydrogens is 306 g/mol. The van der Waals surface area contributed by atoms with Gasteiger partial charge in [-0.2, -0.15) is 0 Å². The van der Waals surface area contributed by atoms with Crippen LogP contribution in [0.25, 0.3) is 0 Å². The van der Waals surface area contributed by atoms with E-state index in [-0.39, 0.29) is 0 Å². The molecule has 6 heteroatoms. The van der Waals surface area contributed by atoms with Crippen molar-refractivity contribution in [3.8, 4) is 0 Å². The molecule has 0 spiro atoms. The molecule has 0 fully saturated rings. The van der Waals surface area contributed by atoms with Crippen molar-refractivity contribution in [3.63, 3.8) is 0 Å². The first-order valence-corrected chi connectivity index (χ1v) is 8.60. The second-order valence-electron chi connectivity index (χ2n) is 5.23. The predicted octanol–water partition coefficient (Wildman–Crippen LogP) is 3.08. The number of thioether (sulfide) groups is 1. The van der Waals surface area contributed by atoms with Crippen molar-refractivity contribution < 1.29 is 0 Å². The normalized spacial score (nSPS) is 10.7. The van der Waals surface area contributed by atoms with Gasteiger partial charge in [-0.15, -0.1) is 11.8 Å². The monoisotopic (exact) mass is 325 g/mol. The highest BCUT2D eigenvalue weighted by Crippen LogP contribution is 2.16. The lowest BCUT2D eigenvalue weighted by Crippen LogP contribution is -2.21. The summed E-state index contributed by atoms with van der Waals surface area (Å²) in [5.74, 6) is 1.86. The molecule has 2 aromatic heterocycles. The van der Waals surface area contributed by atoms with Crippen LogP contribution in [0.1, 0.15) is 11.4 Å². The van der Waals surface area contributed by atoms with E-state index in [1.54, 1.807) is 24.2 Å². The minimum Gasteiger partial charge on any atom is -0.351 e. The molecule has 0 amide bonds. The minimum atomic E-state index is 0.687. The highest BCUT2D eigenvalue weighted by Gasteiger charge is 2.10. The summed E-state index contributed by atoms with van der Waals surface area (Å²) >= 11 is 1.59. The average molecular weight is 325 g/mol. The van der Waals surface area contributed by atoms with E-state index in [0.717, 1.165) is 23.2 Å². The standard InChI is InChI=1S/C17H19N5S/c1-21(15-10-18-11-17(20-15)23-2)13-16-19-8-9-22(16)12-14-6-4-3-5-7-14/h3-11H,12-13H2,1-2H3. The SMILES string of the molecule is CSc1cncc(N(C)Cc2nccn2Cc2ccccc2)n1. The van der Waals surface area contributed by atoms with Crippen molar-refractivity contribution in [2.24, 2.45) is 0 Å². The van der Waals surface area contributed by atoms with Crippen LogP contribution in [0.4, 0.5) is 5.82 Å². The molecule has 3 rings (SSSR count). The van der Waals surface area contributed by atoms with E-state index in [2.05, 4.69) is 48.7 Å². The van der Waals surface area contributed by atoms with Crippen LogP contribution in [0.3, 0.4) is 0 Å². The molecule has 0 atom stereocenters. The van der Waals surface area contributed by atoms with Gasteiger partial charge in [0.2, 0.25) is 0 Å². The first-order valence-electron chi connectivity index (χ1n) is 7.37. The highest BCUT2D eigenvalue weighted by molar-refractivity contribution is 7.98. The molecule has 118 valence electrons. The summed E-state index contributed by atoms with van der Waals surface area (Å²) in [5, 5.41) is 0.918. The molecule has 0 unspecified atom stereocenters. The Morgan fingerprint density at radius 1 is 1.17 bits per heavy atom. The predicted molar refractivity (Wildman–Crippen MR) is 93.7 cm³/mol. The molecule has 0 aliphatic rings. The molecule has 1 aromatic carbocycles. The Labute approximate surface area is 140 Å². The fourth-order valence-electron chi connectivity index (χ4n) is 2.33. The second-order valence-corrected chi connectivity index (χ2v) is 6.06. The molecule has 23 heavy (non-hydrogen) atoms. The fraction of sp³-hybridized carbons (Fsp3) is 0.235. The van der Waals surface area contributed by atoms with Gasteiger partial charge in [0.1, 0.15) is 16.7 Å². The Balaban J connectivity index is 1.74. The third-order valence-electron chi connectivity index (χ3n) is 3.58. The van der Waals surface area contributed by atoms with E-state index in [4.69, 9.17) is 0 Å². The maximum atomic E-state index is 4.57. The second kappa shape index (κ2) is 7.28. The summed E-state index contributed by atoms with van der Waals surface area (Å²) < 4.78 is 2.16. The van der Waals surface area contributed by atoms with Gasteiger partial charge in [0.25, 0.3) is 0 Å². The Kier molecular flexibility index (Phi) is 4.92. The van der Waals surface area contributed by atoms with Gasteiger partial charge in [-0.3, -0.25) is 4.98 Å². The van der Waals surface area contributed by atoms with E-state index in [1.807, 2.05) is 31.8 Å². The lowest BCUT2D eigenvalue weighted by molar-refractivity contribution is 0.702. The third-order valence-corrected chi connectivity index (χ3v) is 4.19. The number of imidazole rings is 1. The van der Waals surface area contributed by atoms with Gasteiger partial charge in [0.15, 0.2) is 0 Å². The van der Waals surface area contributed by atoms with Crippen LogP contribution in [0.15, 0.2) is 60.1 Å². The van der Waals surface area contributed by atoms with Crippen LogP contribution in [-0.2, 0) is 13.1 Å². The van der Waals surface area contributed by atoms with Crippen molar-refractivity contribution in [2.75, 3.05) is 18.2 Å². The average Bonchev–Trinajstić information content (AvgIpc) is 3.02. The summed E-state index contributed by atoms with van der Waals surface area (Å²) in [6, 6.07) is 10.4. The summed E-state index contributed by atoms with van der Waals surface area (Å²) in [4.78, 5) is 15.4.